The van der Waals surface area contributed by atoms with Crippen molar-refractivity contribution in [2.45, 2.75) is 51.6 Å². The van der Waals surface area contributed by atoms with Crippen LogP contribution in [0, 0.1) is 19.8 Å². The van der Waals surface area contributed by atoms with Gasteiger partial charge in [-0.25, -0.2) is 0 Å². The van der Waals surface area contributed by atoms with Crippen LogP contribution in [-0.4, -0.2) is 31.1 Å². The van der Waals surface area contributed by atoms with E-state index in [2.05, 4.69) is 49.3 Å². The lowest BCUT2D eigenvalue weighted by Gasteiger charge is -2.40. The number of rotatable bonds is 4. The molecule has 1 aliphatic heterocycles. The van der Waals surface area contributed by atoms with Gasteiger partial charge in [-0.05, 0) is 64.6 Å². The van der Waals surface area contributed by atoms with E-state index in [1.807, 2.05) is 0 Å². The van der Waals surface area contributed by atoms with E-state index < -0.39 is 0 Å². The van der Waals surface area contributed by atoms with Crippen molar-refractivity contribution in [3.05, 3.63) is 34.9 Å². The Morgan fingerprint density at radius 2 is 1.80 bits per heavy atom. The van der Waals surface area contributed by atoms with Gasteiger partial charge in [-0.1, -0.05) is 29.3 Å². The average molecular weight is 272 g/mol. The average Bonchev–Trinajstić information content (AvgIpc) is 3.19. The maximum absolute atomic E-state index is 3.75. The zero-order chi connectivity index (χ0) is 14.1. The summed E-state index contributed by atoms with van der Waals surface area (Å²) in [6.45, 7) is 6.86. The minimum atomic E-state index is 0.591. The SMILES string of the molecule is Cc1cc(C)cc(C2C(CNC3CC3)CCCN2C)c1. The number of nitrogens with one attached hydrogen (secondary N) is 1. The Morgan fingerprint density at radius 3 is 2.45 bits per heavy atom. The molecule has 2 nitrogen and oxygen atoms in total. The van der Waals surface area contributed by atoms with Gasteiger partial charge in [0.1, 0.15) is 0 Å². The zero-order valence-corrected chi connectivity index (χ0v) is 13.2. The fraction of sp³-hybridized carbons (Fsp3) is 0.667. The van der Waals surface area contributed by atoms with E-state index >= 15 is 0 Å². The molecule has 0 radical (unpaired) electrons. The number of hydrogen-bond donors (Lipinski definition) is 1. The van der Waals surface area contributed by atoms with Crippen LogP contribution in [0.1, 0.15) is 48.4 Å². The number of aryl methyl sites for hydroxylation is 2. The lowest BCUT2D eigenvalue weighted by molar-refractivity contribution is 0.119. The molecule has 1 aromatic carbocycles. The Balaban J connectivity index is 1.80. The van der Waals surface area contributed by atoms with Crippen LogP contribution in [-0.2, 0) is 0 Å². The molecule has 0 spiro atoms. The molecular weight excluding hydrogens is 244 g/mol. The molecule has 2 aliphatic rings. The monoisotopic (exact) mass is 272 g/mol. The highest BCUT2D eigenvalue weighted by Gasteiger charge is 2.32. The first kappa shape index (κ1) is 14.1. The predicted molar refractivity (Wildman–Crippen MR) is 85.0 cm³/mol. The molecule has 1 saturated heterocycles. The number of nitrogens with zero attached hydrogens (tertiary/aromatic N) is 1. The number of hydrogen-bond acceptors (Lipinski definition) is 2. The Hall–Kier alpha value is -0.860. The largest absolute Gasteiger partial charge is 0.314 e. The molecule has 0 aromatic heterocycles. The second-order valence-electron chi connectivity index (χ2n) is 6.93. The lowest BCUT2D eigenvalue weighted by Crippen LogP contribution is -2.41. The van der Waals surface area contributed by atoms with Gasteiger partial charge in [0.05, 0.1) is 0 Å². The van der Waals surface area contributed by atoms with E-state index in [0.29, 0.717) is 6.04 Å². The molecule has 1 N–H and O–H groups in total. The first-order valence-corrected chi connectivity index (χ1v) is 8.15. The van der Waals surface area contributed by atoms with E-state index in [-0.39, 0.29) is 0 Å². The summed E-state index contributed by atoms with van der Waals surface area (Å²) in [5.74, 6) is 0.760. The normalized spacial score (nSPS) is 27.8. The van der Waals surface area contributed by atoms with Crippen molar-refractivity contribution in [1.29, 1.82) is 0 Å². The van der Waals surface area contributed by atoms with E-state index in [9.17, 15) is 0 Å². The molecule has 2 fully saturated rings. The van der Waals surface area contributed by atoms with Crippen molar-refractivity contribution in [3.63, 3.8) is 0 Å². The number of piperidine rings is 1. The van der Waals surface area contributed by atoms with E-state index in [1.165, 1.54) is 55.5 Å². The topological polar surface area (TPSA) is 15.3 Å². The molecule has 2 atom stereocenters. The molecule has 20 heavy (non-hydrogen) atoms. The molecule has 0 amide bonds. The second kappa shape index (κ2) is 5.87. The zero-order valence-electron chi connectivity index (χ0n) is 13.2. The third-order valence-electron chi connectivity index (χ3n) is 4.84. The Morgan fingerprint density at radius 1 is 1.10 bits per heavy atom. The van der Waals surface area contributed by atoms with E-state index in [1.54, 1.807) is 0 Å². The van der Waals surface area contributed by atoms with Gasteiger partial charge in [-0.3, -0.25) is 4.90 Å². The minimum absolute atomic E-state index is 0.591. The highest BCUT2D eigenvalue weighted by Crippen LogP contribution is 2.36. The smallest absolute Gasteiger partial charge is 0.0385 e. The highest BCUT2D eigenvalue weighted by molar-refractivity contribution is 5.31. The molecule has 2 heteroatoms. The molecule has 0 bridgehead atoms. The van der Waals surface area contributed by atoms with Gasteiger partial charge < -0.3 is 5.32 Å². The summed E-state index contributed by atoms with van der Waals surface area (Å²) in [5, 5.41) is 3.75. The molecule has 2 unspecified atom stereocenters. The Labute approximate surface area is 123 Å². The van der Waals surface area contributed by atoms with Crippen LogP contribution < -0.4 is 5.32 Å². The van der Waals surface area contributed by atoms with Gasteiger partial charge in [0.15, 0.2) is 0 Å². The molecule has 1 saturated carbocycles. The fourth-order valence-electron chi connectivity index (χ4n) is 3.79. The maximum Gasteiger partial charge on any atom is 0.0385 e. The molecule has 1 aliphatic carbocycles. The van der Waals surface area contributed by atoms with Gasteiger partial charge >= 0.3 is 0 Å². The van der Waals surface area contributed by atoms with Crippen molar-refractivity contribution in [1.82, 2.24) is 10.2 Å². The van der Waals surface area contributed by atoms with Crippen molar-refractivity contribution >= 4 is 0 Å². The van der Waals surface area contributed by atoms with Crippen LogP contribution in [0.15, 0.2) is 18.2 Å². The van der Waals surface area contributed by atoms with Crippen LogP contribution in [0.5, 0.6) is 0 Å². The van der Waals surface area contributed by atoms with E-state index in [4.69, 9.17) is 0 Å². The Kier molecular flexibility index (Phi) is 4.13. The predicted octanol–water partition coefficient (Wildman–Crippen LogP) is 3.44. The Bertz CT molecular complexity index is 444. The molecule has 3 rings (SSSR count). The van der Waals surface area contributed by atoms with Crippen molar-refractivity contribution < 1.29 is 0 Å². The molecule has 1 heterocycles. The summed E-state index contributed by atoms with van der Waals surface area (Å²) in [4.78, 5) is 2.57. The first-order valence-electron chi connectivity index (χ1n) is 8.15. The second-order valence-corrected chi connectivity index (χ2v) is 6.93. The standard InChI is InChI=1S/C18H28N2/c1-13-9-14(2)11-16(10-13)18-15(5-4-8-20(18)3)12-19-17-6-7-17/h9-11,15,17-19H,4-8,12H2,1-3H3. The van der Waals surface area contributed by atoms with Gasteiger partial charge in [0.2, 0.25) is 0 Å². The van der Waals surface area contributed by atoms with Crippen LogP contribution in [0.2, 0.25) is 0 Å². The van der Waals surface area contributed by atoms with Gasteiger partial charge in [0.25, 0.3) is 0 Å². The lowest BCUT2D eigenvalue weighted by atomic mass is 9.84. The van der Waals surface area contributed by atoms with Crippen molar-refractivity contribution in [2.75, 3.05) is 20.1 Å². The summed E-state index contributed by atoms with van der Waals surface area (Å²) >= 11 is 0. The van der Waals surface area contributed by atoms with Crippen LogP contribution in [0.25, 0.3) is 0 Å². The molecular formula is C18H28N2. The highest BCUT2D eigenvalue weighted by atomic mass is 15.1. The number of likely N-dealkylation sites (tertiary alicyclic amines) is 1. The van der Waals surface area contributed by atoms with Crippen molar-refractivity contribution in [2.24, 2.45) is 5.92 Å². The van der Waals surface area contributed by atoms with Crippen LogP contribution in [0.3, 0.4) is 0 Å². The van der Waals surface area contributed by atoms with Gasteiger partial charge in [-0.15, -0.1) is 0 Å². The summed E-state index contributed by atoms with van der Waals surface area (Å²) in [6.07, 6.45) is 5.48. The van der Waals surface area contributed by atoms with Crippen LogP contribution in [0.4, 0.5) is 0 Å². The summed E-state index contributed by atoms with van der Waals surface area (Å²) in [6, 6.07) is 8.48. The van der Waals surface area contributed by atoms with Gasteiger partial charge in [-0.2, -0.15) is 0 Å². The molecule has 110 valence electrons. The third-order valence-corrected chi connectivity index (χ3v) is 4.84. The van der Waals surface area contributed by atoms with E-state index in [0.717, 1.165) is 12.0 Å². The summed E-state index contributed by atoms with van der Waals surface area (Å²) < 4.78 is 0. The number of benzene rings is 1. The maximum atomic E-state index is 3.75. The van der Waals surface area contributed by atoms with Gasteiger partial charge in [0, 0.05) is 18.6 Å². The summed E-state index contributed by atoms with van der Waals surface area (Å²) in [5.41, 5.74) is 4.31. The minimum Gasteiger partial charge on any atom is -0.314 e. The molecule has 1 aromatic rings. The van der Waals surface area contributed by atoms with Crippen LogP contribution >= 0.6 is 0 Å². The quantitative estimate of drug-likeness (QED) is 0.903. The first-order chi connectivity index (χ1) is 9.63. The third kappa shape index (κ3) is 3.24. The van der Waals surface area contributed by atoms with Crippen molar-refractivity contribution in [3.8, 4) is 0 Å². The fourth-order valence-corrected chi connectivity index (χ4v) is 3.79. The summed E-state index contributed by atoms with van der Waals surface area (Å²) in [7, 11) is 2.30.